The van der Waals surface area contributed by atoms with Crippen molar-refractivity contribution in [1.82, 2.24) is 20.2 Å². The Labute approximate surface area is 137 Å². The second-order valence-corrected chi connectivity index (χ2v) is 5.74. The molecule has 1 heterocycles. The molecule has 0 spiro atoms. The number of amides is 1. The first-order valence-electron chi connectivity index (χ1n) is 7.56. The highest BCUT2D eigenvalue weighted by atomic mass is 16.1. The lowest BCUT2D eigenvalue weighted by Gasteiger charge is -2.11. The third-order valence-electron chi connectivity index (χ3n) is 3.21. The predicted octanol–water partition coefficient (Wildman–Crippen LogP) is 2.13. The molecule has 0 saturated heterocycles. The summed E-state index contributed by atoms with van der Waals surface area (Å²) in [6.45, 7) is 5.27. The summed E-state index contributed by atoms with van der Waals surface area (Å²) < 4.78 is 0. The van der Waals surface area contributed by atoms with Crippen LogP contribution in [0.25, 0.3) is 0 Å². The molecule has 6 heteroatoms. The van der Waals surface area contributed by atoms with Crippen molar-refractivity contribution in [3.05, 3.63) is 47.3 Å². The number of hydrogen-bond donors (Lipinski definition) is 2. The van der Waals surface area contributed by atoms with Crippen molar-refractivity contribution in [3.63, 3.8) is 0 Å². The van der Waals surface area contributed by atoms with Crippen molar-refractivity contribution in [3.8, 4) is 0 Å². The number of benzene rings is 1. The minimum atomic E-state index is -0.0863. The molecule has 122 valence electrons. The number of nitrogens with one attached hydrogen (secondary N) is 2. The number of anilines is 2. The Hall–Kier alpha value is -2.47. The molecular weight excluding hydrogens is 290 g/mol. The first-order valence-corrected chi connectivity index (χ1v) is 7.56. The molecule has 2 N–H and O–H groups in total. The van der Waals surface area contributed by atoms with Gasteiger partial charge >= 0.3 is 0 Å². The number of aryl methyl sites for hydroxylation is 2. The number of likely N-dealkylation sites (N-methyl/N-ethyl adjacent to an activating group) is 1. The van der Waals surface area contributed by atoms with Crippen molar-refractivity contribution in [1.29, 1.82) is 0 Å². The van der Waals surface area contributed by atoms with Gasteiger partial charge in [0.1, 0.15) is 0 Å². The van der Waals surface area contributed by atoms with Crippen LogP contribution in [-0.4, -0.2) is 48.0 Å². The normalized spacial score (nSPS) is 10.7. The predicted molar refractivity (Wildman–Crippen MR) is 92.1 cm³/mol. The Morgan fingerprint density at radius 2 is 1.83 bits per heavy atom. The maximum Gasteiger partial charge on any atom is 0.251 e. The molecule has 0 aliphatic rings. The number of carbonyl (C=O) groups excluding carboxylic acids is 1. The minimum absolute atomic E-state index is 0.0863. The van der Waals surface area contributed by atoms with Crippen molar-refractivity contribution >= 4 is 17.5 Å². The van der Waals surface area contributed by atoms with E-state index in [0.29, 0.717) is 18.1 Å². The van der Waals surface area contributed by atoms with Crippen molar-refractivity contribution in [2.45, 2.75) is 13.8 Å². The maximum absolute atomic E-state index is 12.2. The fraction of sp³-hybridized carbons (Fsp3) is 0.353. The Morgan fingerprint density at radius 3 is 2.48 bits per heavy atom. The van der Waals surface area contributed by atoms with Gasteiger partial charge < -0.3 is 15.5 Å². The lowest BCUT2D eigenvalue weighted by Crippen LogP contribution is -2.31. The molecule has 2 aromatic rings. The van der Waals surface area contributed by atoms with Crippen LogP contribution < -0.4 is 10.6 Å². The van der Waals surface area contributed by atoms with E-state index in [9.17, 15) is 4.79 Å². The molecule has 0 unspecified atom stereocenters. The zero-order valence-corrected chi connectivity index (χ0v) is 14.1. The van der Waals surface area contributed by atoms with E-state index < -0.39 is 0 Å². The standard InChI is InChI=1S/C17H23N5O/c1-12-10-13(2)20-17(19-12)21-15-7-5-6-14(11-15)16(23)18-8-9-22(3)4/h5-7,10-11H,8-9H2,1-4H3,(H,18,23)(H,19,20,21). The van der Waals surface area contributed by atoms with Gasteiger partial charge in [0.2, 0.25) is 5.95 Å². The van der Waals surface area contributed by atoms with Crippen LogP contribution in [0.5, 0.6) is 0 Å². The molecule has 23 heavy (non-hydrogen) atoms. The SMILES string of the molecule is Cc1cc(C)nc(Nc2cccc(C(=O)NCCN(C)C)c2)n1. The van der Waals surface area contributed by atoms with E-state index >= 15 is 0 Å². The number of hydrogen-bond acceptors (Lipinski definition) is 5. The van der Waals surface area contributed by atoms with Crippen LogP contribution in [0.3, 0.4) is 0 Å². The van der Waals surface area contributed by atoms with Crippen LogP contribution in [0, 0.1) is 13.8 Å². The molecule has 1 aromatic heterocycles. The molecule has 6 nitrogen and oxygen atoms in total. The summed E-state index contributed by atoms with van der Waals surface area (Å²) in [5.74, 6) is 0.449. The Kier molecular flexibility index (Phi) is 5.65. The third-order valence-corrected chi connectivity index (χ3v) is 3.21. The monoisotopic (exact) mass is 313 g/mol. The number of aromatic nitrogens is 2. The highest BCUT2D eigenvalue weighted by Gasteiger charge is 2.07. The first-order chi connectivity index (χ1) is 10.9. The van der Waals surface area contributed by atoms with Gasteiger partial charge in [0, 0.05) is 35.7 Å². The van der Waals surface area contributed by atoms with Gasteiger partial charge in [-0.05, 0) is 52.2 Å². The molecule has 0 aliphatic carbocycles. The zero-order chi connectivity index (χ0) is 16.8. The van der Waals surface area contributed by atoms with E-state index in [1.807, 2.05) is 51.0 Å². The average Bonchev–Trinajstić information content (AvgIpc) is 2.46. The minimum Gasteiger partial charge on any atom is -0.351 e. The van der Waals surface area contributed by atoms with Gasteiger partial charge in [0.15, 0.2) is 0 Å². The average molecular weight is 313 g/mol. The lowest BCUT2D eigenvalue weighted by molar-refractivity contribution is 0.0951. The summed E-state index contributed by atoms with van der Waals surface area (Å²) in [7, 11) is 3.95. The van der Waals surface area contributed by atoms with E-state index in [1.165, 1.54) is 0 Å². The van der Waals surface area contributed by atoms with Gasteiger partial charge in [-0.1, -0.05) is 6.07 Å². The van der Waals surface area contributed by atoms with Crippen molar-refractivity contribution in [2.75, 3.05) is 32.5 Å². The van der Waals surface area contributed by atoms with Crippen LogP contribution in [0.15, 0.2) is 30.3 Å². The second kappa shape index (κ2) is 7.69. The van der Waals surface area contributed by atoms with Crippen LogP contribution >= 0.6 is 0 Å². The van der Waals surface area contributed by atoms with Crippen molar-refractivity contribution < 1.29 is 4.79 Å². The quantitative estimate of drug-likeness (QED) is 0.855. The fourth-order valence-electron chi connectivity index (χ4n) is 2.14. The van der Waals surface area contributed by atoms with E-state index in [4.69, 9.17) is 0 Å². The van der Waals surface area contributed by atoms with Crippen molar-refractivity contribution in [2.24, 2.45) is 0 Å². The smallest absolute Gasteiger partial charge is 0.251 e. The zero-order valence-electron chi connectivity index (χ0n) is 14.1. The number of nitrogens with zero attached hydrogens (tertiary/aromatic N) is 3. The van der Waals surface area contributed by atoms with Crippen LogP contribution in [-0.2, 0) is 0 Å². The molecule has 0 radical (unpaired) electrons. The maximum atomic E-state index is 12.2. The number of carbonyl (C=O) groups is 1. The molecule has 2 rings (SSSR count). The second-order valence-electron chi connectivity index (χ2n) is 5.74. The summed E-state index contributed by atoms with van der Waals surface area (Å²) in [4.78, 5) is 22.9. The molecule has 1 aromatic carbocycles. The highest BCUT2D eigenvalue weighted by Crippen LogP contribution is 2.15. The van der Waals surface area contributed by atoms with Gasteiger partial charge in [0.05, 0.1) is 0 Å². The topological polar surface area (TPSA) is 70.2 Å². The van der Waals surface area contributed by atoms with Gasteiger partial charge in [-0.15, -0.1) is 0 Å². The van der Waals surface area contributed by atoms with Crippen LogP contribution in [0.4, 0.5) is 11.6 Å². The van der Waals surface area contributed by atoms with E-state index in [-0.39, 0.29) is 5.91 Å². The highest BCUT2D eigenvalue weighted by molar-refractivity contribution is 5.95. The summed E-state index contributed by atoms with van der Waals surface area (Å²) in [5.41, 5.74) is 3.20. The van der Waals surface area contributed by atoms with Crippen LogP contribution in [0.2, 0.25) is 0 Å². The van der Waals surface area contributed by atoms with Gasteiger partial charge in [-0.25, -0.2) is 9.97 Å². The third kappa shape index (κ3) is 5.34. The Bertz CT molecular complexity index is 664. The number of rotatable bonds is 6. The van der Waals surface area contributed by atoms with E-state index in [1.54, 1.807) is 12.1 Å². The van der Waals surface area contributed by atoms with Gasteiger partial charge in [-0.3, -0.25) is 4.79 Å². The molecular formula is C17H23N5O. The van der Waals surface area contributed by atoms with Gasteiger partial charge in [0.25, 0.3) is 5.91 Å². The summed E-state index contributed by atoms with van der Waals surface area (Å²) in [6, 6.07) is 9.23. The summed E-state index contributed by atoms with van der Waals surface area (Å²) >= 11 is 0. The molecule has 0 saturated carbocycles. The molecule has 0 fully saturated rings. The Balaban J connectivity index is 2.05. The summed E-state index contributed by atoms with van der Waals surface area (Å²) in [5, 5.41) is 6.04. The van der Waals surface area contributed by atoms with E-state index in [0.717, 1.165) is 23.6 Å². The van der Waals surface area contributed by atoms with Crippen LogP contribution in [0.1, 0.15) is 21.7 Å². The van der Waals surface area contributed by atoms with Gasteiger partial charge in [-0.2, -0.15) is 0 Å². The largest absolute Gasteiger partial charge is 0.351 e. The molecule has 0 bridgehead atoms. The molecule has 0 aliphatic heterocycles. The lowest BCUT2D eigenvalue weighted by atomic mass is 10.2. The molecule has 1 amide bonds. The fourth-order valence-corrected chi connectivity index (χ4v) is 2.14. The molecule has 0 atom stereocenters. The van der Waals surface area contributed by atoms with E-state index in [2.05, 4.69) is 20.6 Å². The summed E-state index contributed by atoms with van der Waals surface area (Å²) in [6.07, 6.45) is 0. The Morgan fingerprint density at radius 1 is 1.13 bits per heavy atom. The first kappa shape index (κ1) is 16.9.